The molecule has 26 heavy (non-hydrogen) atoms. The maximum atomic E-state index is 12.6. The molecule has 1 aliphatic heterocycles. The number of anilines is 1. The number of amides is 1. The molecule has 0 radical (unpaired) electrons. The van der Waals surface area contributed by atoms with Crippen LogP contribution in [-0.2, 0) is 11.3 Å². The summed E-state index contributed by atoms with van der Waals surface area (Å²) in [6.07, 6.45) is 0.460. The maximum Gasteiger partial charge on any atom is 0.227 e. The normalized spacial score (nSPS) is 17.2. The number of carbonyl (C=O) groups is 1. The van der Waals surface area contributed by atoms with Crippen LogP contribution >= 0.6 is 11.6 Å². The Balaban J connectivity index is 1.71. The molecule has 2 aromatic carbocycles. The minimum absolute atomic E-state index is 0.0601. The van der Waals surface area contributed by atoms with Crippen LogP contribution in [0.15, 0.2) is 60.7 Å². The highest BCUT2D eigenvalue weighted by atomic mass is 35.5. The van der Waals surface area contributed by atoms with Crippen LogP contribution < -0.4 is 4.90 Å². The van der Waals surface area contributed by atoms with E-state index < -0.39 is 0 Å². The van der Waals surface area contributed by atoms with Crippen LogP contribution in [0.2, 0.25) is 5.02 Å². The highest BCUT2D eigenvalue weighted by Gasteiger charge is 2.34. The van der Waals surface area contributed by atoms with E-state index in [0.29, 0.717) is 24.5 Å². The summed E-state index contributed by atoms with van der Waals surface area (Å²) in [7, 11) is 0. The van der Waals surface area contributed by atoms with Crippen LogP contribution in [0.4, 0.5) is 5.69 Å². The molecule has 1 amide bonds. The van der Waals surface area contributed by atoms with Crippen LogP contribution in [0.5, 0.6) is 0 Å². The smallest absolute Gasteiger partial charge is 0.227 e. The van der Waals surface area contributed by atoms with Crippen molar-refractivity contribution >= 4 is 34.2 Å². The standard InChI is InChI=1S/C21H20ClN3O/c1-14(2)12-25-19-6-4-3-5-18(19)23-21(25)15-11-20(26)24(13-15)17-9-7-16(22)8-10-17/h3-10,15H,1,11-13H2,2H3/t15-/m1/s1. The Bertz CT molecular complexity index is 990. The van der Waals surface area contributed by atoms with Gasteiger partial charge in [-0.25, -0.2) is 4.98 Å². The number of benzene rings is 2. The van der Waals surface area contributed by atoms with E-state index in [4.69, 9.17) is 16.6 Å². The number of imidazole rings is 1. The molecular formula is C21H20ClN3O. The van der Waals surface area contributed by atoms with Gasteiger partial charge in [0.1, 0.15) is 5.82 Å². The lowest BCUT2D eigenvalue weighted by atomic mass is 10.1. The SMILES string of the molecule is C=C(C)Cn1c([C@@H]2CC(=O)N(c3ccc(Cl)cc3)C2)nc2ccccc21. The predicted molar refractivity (Wildman–Crippen MR) is 106 cm³/mol. The summed E-state index contributed by atoms with van der Waals surface area (Å²) in [5, 5.41) is 0.667. The molecule has 1 aromatic heterocycles. The minimum atomic E-state index is 0.0601. The number of aromatic nitrogens is 2. The number of hydrogen-bond donors (Lipinski definition) is 0. The van der Waals surface area contributed by atoms with Gasteiger partial charge in [-0.1, -0.05) is 35.9 Å². The van der Waals surface area contributed by atoms with Gasteiger partial charge < -0.3 is 9.47 Å². The van der Waals surface area contributed by atoms with Crippen molar-refractivity contribution in [3.8, 4) is 0 Å². The van der Waals surface area contributed by atoms with E-state index in [1.165, 1.54) is 0 Å². The van der Waals surface area contributed by atoms with Crippen molar-refractivity contribution in [1.29, 1.82) is 0 Å². The fraction of sp³-hybridized carbons (Fsp3) is 0.238. The van der Waals surface area contributed by atoms with Gasteiger partial charge >= 0.3 is 0 Å². The first kappa shape index (κ1) is 16.9. The van der Waals surface area contributed by atoms with E-state index in [2.05, 4.69) is 17.2 Å². The van der Waals surface area contributed by atoms with E-state index in [1.807, 2.05) is 54.3 Å². The minimum Gasteiger partial charge on any atom is -0.324 e. The van der Waals surface area contributed by atoms with Crippen LogP contribution in [0.1, 0.15) is 25.1 Å². The average molecular weight is 366 g/mol. The first-order valence-corrected chi connectivity index (χ1v) is 9.06. The molecule has 5 heteroatoms. The Morgan fingerprint density at radius 2 is 1.96 bits per heavy atom. The molecule has 0 saturated carbocycles. The van der Waals surface area contributed by atoms with Gasteiger partial charge in [-0.15, -0.1) is 0 Å². The molecule has 0 aliphatic carbocycles. The van der Waals surface area contributed by atoms with Crippen LogP contribution in [0.3, 0.4) is 0 Å². The lowest BCUT2D eigenvalue weighted by molar-refractivity contribution is -0.117. The van der Waals surface area contributed by atoms with Gasteiger partial charge in [-0.2, -0.15) is 0 Å². The van der Waals surface area contributed by atoms with E-state index in [-0.39, 0.29) is 11.8 Å². The van der Waals surface area contributed by atoms with E-state index >= 15 is 0 Å². The molecule has 4 nitrogen and oxygen atoms in total. The number of nitrogens with zero attached hydrogens (tertiary/aromatic N) is 3. The summed E-state index contributed by atoms with van der Waals surface area (Å²) in [6.45, 7) is 7.40. The number of hydrogen-bond acceptors (Lipinski definition) is 2. The molecule has 0 bridgehead atoms. The number of fused-ring (bicyclic) bond motifs is 1. The van der Waals surface area contributed by atoms with Crippen molar-refractivity contribution in [2.75, 3.05) is 11.4 Å². The highest BCUT2D eigenvalue weighted by Crippen LogP contribution is 2.33. The number of rotatable bonds is 4. The highest BCUT2D eigenvalue weighted by molar-refractivity contribution is 6.30. The van der Waals surface area contributed by atoms with Gasteiger partial charge in [-0.05, 0) is 43.3 Å². The van der Waals surface area contributed by atoms with Crippen molar-refractivity contribution in [2.24, 2.45) is 0 Å². The lowest BCUT2D eigenvalue weighted by Crippen LogP contribution is -2.24. The van der Waals surface area contributed by atoms with Crippen LogP contribution in [0, 0.1) is 0 Å². The first-order valence-electron chi connectivity index (χ1n) is 8.68. The molecule has 1 aliphatic rings. The Labute approximate surface area is 157 Å². The van der Waals surface area contributed by atoms with Gasteiger partial charge in [0, 0.05) is 36.1 Å². The summed E-state index contributed by atoms with van der Waals surface area (Å²) in [4.78, 5) is 19.3. The average Bonchev–Trinajstić information content (AvgIpc) is 3.16. The van der Waals surface area contributed by atoms with E-state index in [9.17, 15) is 4.79 Å². The monoisotopic (exact) mass is 365 g/mol. The largest absolute Gasteiger partial charge is 0.324 e. The second kappa shape index (κ2) is 6.61. The summed E-state index contributed by atoms with van der Waals surface area (Å²) in [6, 6.07) is 15.5. The van der Waals surface area contributed by atoms with Gasteiger partial charge in [0.05, 0.1) is 11.0 Å². The molecule has 0 spiro atoms. The molecule has 1 fully saturated rings. The van der Waals surface area contributed by atoms with Gasteiger partial charge in [0.15, 0.2) is 0 Å². The summed E-state index contributed by atoms with van der Waals surface area (Å²) in [5.74, 6) is 1.13. The van der Waals surface area contributed by atoms with Gasteiger partial charge in [0.2, 0.25) is 5.91 Å². The molecule has 132 valence electrons. The first-order chi connectivity index (χ1) is 12.5. The van der Waals surface area contributed by atoms with Crippen LogP contribution in [0.25, 0.3) is 11.0 Å². The third-order valence-electron chi connectivity index (χ3n) is 4.74. The summed E-state index contributed by atoms with van der Waals surface area (Å²) >= 11 is 5.97. The zero-order valence-electron chi connectivity index (χ0n) is 14.7. The number of allylic oxidation sites excluding steroid dienone is 1. The Kier molecular flexibility index (Phi) is 4.29. The lowest BCUT2D eigenvalue weighted by Gasteiger charge is -2.17. The van der Waals surface area contributed by atoms with Crippen molar-refractivity contribution in [2.45, 2.75) is 25.8 Å². The van der Waals surface area contributed by atoms with Crippen molar-refractivity contribution in [3.63, 3.8) is 0 Å². The number of halogens is 1. The van der Waals surface area contributed by atoms with Crippen LogP contribution in [-0.4, -0.2) is 22.0 Å². The van der Waals surface area contributed by atoms with Crippen molar-refractivity contribution < 1.29 is 4.79 Å². The summed E-state index contributed by atoms with van der Waals surface area (Å²) in [5.41, 5.74) is 3.99. The Morgan fingerprint density at radius 3 is 2.69 bits per heavy atom. The second-order valence-corrected chi connectivity index (χ2v) is 7.32. The van der Waals surface area contributed by atoms with Crippen molar-refractivity contribution in [3.05, 3.63) is 71.5 Å². The maximum absolute atomic E-state index is 12.6. The zero-order chi connectivity index (χ0) is 18.3. The van der Waals surface area contributed by atoms with Gasteiger partial charge in [0.25, 0.3) is 0 Å². The predicted octanol–water partition coefficient (Wildman–Crippen LogP) is 4.79. The van der Waals surface area contributed by atoms with Crippen molar-refractivity contribution in [1.82, 2.24) is 9.55 Å². The molecule has 0 N–H and O–H groups in total. The topological polar surface area (TPSA) is 38.1 Å². The number of para-hydroxylation sites is 2. The molecule has 3 aromatic rings. The fourth-order valence-electron chi connectivity index (χ4n) is 3.59. The zero-order valence-corrected chi connectivity index (χ0v) is 15.4. The summed E-state index contributed by atoms with van der Waals surface area (Å²) < 4.78 is 2.20. The Hall–Kier alpha value is -2.59. The molecule has 2 heterocycles. The molecule has 1 atom stereocenters. The molecule has 1 saturated heterocycles. The third kappa shape index (κ3) is 3.01. The Morgan fingerprint density at radius 1 is 1.23 bits per heavy atom. The molecular weight excluding hydrogens is 346 g/mol. The molecule has 4 rings (SSSR count). The second-order valence-electron chi connectivity index (χ2n) is 6.88. The quantitative estimate of drug-likeness (QED) is 0.623. The van der Waals surface area contributed by atoms with Gasteiger partial charge in [-0.3, -0.25) is 4.79 Å². The third-order valence-corrected chi connectivity index (χ3v) is 4.99. The fourth-order valence-corrected chi connectivity index (χ4v) is 3.72. The van der Waals surface area contributed by atoms with E-state index in [0.717, 1.165) is 28.1 Å². The number of carbonyl (C=O) groups excluding carboxylic acids is 1. The molecule has 0 unspecified atom stereocenters. The van der Waals surface area contributed by atoms with E-state index in [1.54, 1.807) is 0 Å².